The van der Waals surface area contributed by atoms with E-state index in [1.165, 1.54) is 5.56 Å². The lowest BCUT2D eigenvalue weighted by atomic mass is 9.81. The van der Waals surface area contributed by atoms with Gasteiger partial charge in [0.25, 0.3) is 0 Å². The van der Waals surface area contributed by atoms with Crippen LogP contribution in [0.4, 0.5) is 4.39 Å². The van der Waals surface area contributed by atoms with Gasteiger partial charge >= 0.3 is 7.48 Å². The molecule has 5 heteroatoms. The lowest BCUT2D eigenvalue weighted by Crippen LogP contribution is -2.49. The van der Waals surface area contributed by atoms with Crippen LogP contribution in [-0.2, 0) is 4.65 Å². The number of benzene rings is 1. The number of hydrogen-bond donors (Lipinski definition) is 1. The van der Waals surface area contributed by atoms with Crippen molar-refractivity contribution in [3.8, 4) is 0 Å². The molecule has 1 aliphatic heterocycles. The van der Waals surface area contributed by atoms with Crippen molar-refractivity contribution in [2.45, 2.75) is 70.8 Å². The number of nitrogens with zero attached hydrogens (tertiary/aromatic N) is 1. The van der Waals surface area contributed by atoms with E-state index in [9.17, 15) is 9.50 Å². The van der Waals surface area contributed by atoms with Gasteiger partial charge in [-0.1, -0.05) is 29.7 Å². The first-order valence-electron chi connectivity index (χ1n) is 9.40. The Morgan fingerprint density at radius 1 is 1.20 bits per heavy atom. The van der Waals surface area contributed by atoms with Gasteiger partial charge in [-0.3, -0.25) is 0 Å². The second kappa shape index (κ2) is 8.19. The van der Waals surface area contributed by atoms with E-state index in [0.717, 1.165) is 31.4 Å². The highest BCUT2D eigenvalue weighted by molar-refractivity contribution is 6.47. The molecule has 25 heavy (non-hydrogen) atoms. The predicted molar refractivity (Wildman–Crippen MR) is 104 cm³/mol. The minimum Gasteiger partial charge on any atom is -0.427 e. The molecule has 1 aromatic carbocycles. The molecule has 0 aromatic heterocycles. The SMILES string of the molecule is CC(F)CN1CCC(c2ccc(BOC(C)(C)C(C)(C)O)cc2)CC1. The number of halogens is 1. The molecule has 1 unspecified atom stereocenters. The summed E-state index contributed by atoms with van der Waals surface area (Å²) in [7, 11) is 0.490. The Kier molecular flexibility index (Phi) is 6.69. The van der Waals surface area contributed by atoms with Crippen LogP contribution in [0.2, 0.25) is 0 Å². The lowest BCUT2D eigenvalue weighted by molar-refractivity contribution is -0.0893. The summed E-state index contributed by atoms with van der Waals surface area (Å²) in [5, 5.41) is 10.2. The molecule has 1 N–H and O–H groups in total. The second-order valence-electron chi connectivity index (χ2n) is 8.46. The van der Waals surface area contributed by atoms with Crippen molar-refractivity contribution in [3.63, 3.8) is 0 Å². The molecule has 1 saturated heterocycles. The molecule has 1 fully saturated rings. The Labute approximate surface area is 152 Å². The van der Waals surface area contributed by atoms with Crippen LogP contribution >= 0.6 is 0 Å². The minimum absolute atomic E-state index is 0.490. The Hall–Kier alpha value is -0.905. The van der Waals surface area contributed by atoms with Crippen molar-refractivity contribution < 1.29 is 14.2 Å². The molecular formula is C20H33BFNO2. The summed E-state index contributed by atoms with van der Waals surface area (Å²) in [5.41, 5.74) is 0.979. The number of hydrogen-bond acceptors (Lipinski definition) is 3. The van der Waals surface area contributed by atoms with E-state index in [-0.39, 0.29) is 0 Å². The number of piperidine rings is 1. The molecule has 2 rings (SSSR count). The molecule has 1 aromatic rings. The maximum Gasteiger partial charge on any atom is 0.309 e. The smallest absolute Gasteiger partial charge is 0.309 e. The van der Waals surface area contributed by atoms with Crippen molar-refractivity contribution in [2.24, 2.45) is 0 Å². The Morgan fingerprint density at radius 3 is 2.24 bits per heavy atom. The average Bonchev–Trinajstić information content (AvgIpc) is 2.53. The summed E-state index contributed by atoms with van der Waals surface area (Å²) in [6.45, 7) is 11.5. The zero-order valence-electron chi connectivity index (χ0n) is 16.4. The van der Waals surface area contributed by atoms with Crippen molar-refractivity contribution in [3.05, 3.63) is 29.8 Å². The van der Waals surface area contributed by atoms with E-state index in [1.54, 1.807) is 20.8 Å². The third-order valence-corrected chi connectivity index (χ3v) is 5.62. The highest BCUT2D eigenvalue weighted by Crippen LogP contribution is 2.28. The van der Waals surface area contributed by atoms with Gasteiger partial charge in [-0.25, -0.2) is 4.39 Å². The number of likely N-dealkylation sites (tertiary alicyclic amines) is 1. The molecule has 3 nitrogen and oxygen atoms in total. The van der Waals surface area contributed by atoms with Crippen LogP contribution in [0, 0.1) is 0 Å². The van der Waals surface area contributed by atoms with Gasteiger partial charge in [0.15, 0.2) is 0 Å². The van der Waals surface area contributed by atoms with Crippen molar-refractivity contribution in [1.29, 1.82) is 0 Å². The highest BCUT2D eigenvalue weighted by Gasteiger charge is 2.35. The molecule has 0 spiro atoms. The molecule has 1 atom stereocenters. The highest BCUT2D eigenvalue weighted by atomic mass is 19.1. The maximum atomic E-state index is 13.1. The van der Waals surface area contributed by atoms with Crippen LogP contribution in [-0.4, -0.2) is 54.5 Å². The average molecular weight is 349 g/mol. The van der Waals surface area contributed by atoms with Crippen molar-refractivity contribution >= 4 is 12.9 Å². The zero-order chi connectivity index (χ0) is 18.7. The summed E-state index contributed by atoms with van der Waals surface area (Å²) < 4.78 is 19.0. The zero-order valence-corrected chi connectivity index (χ0v) is 16.4. The fraction of sp³-hybridized carbons (Fsp3) is 0.700. The van der Waals surface area contributed by atoms with Gasteiger partial charge in [-0.15, -0.1) is 0 Å². The summed E-state index contributed by atoms with van der Waals surface area (Å²) >= 11 is 0. The third-order valence-electron chi connectivity index (χ3n) is 5.62. The van der Waals surface area contributed by atoms with Crippen LogP contribution in [0.3, 0.4) is 0 Å². The monoisotopic (exact) mass is 349 g/mol. The standard InChI is InChI=1S/C20H33BFNO2/c1-15(22)14-23-12-10-17(11-13-23)16-6-8-18(9-7-16)21-25-20(4,5)19(2,3)24/h6-9,15,17,21,24H,10-14H2,1-5H3. The van der Waals surface area contributed by atoms with Gasteiger partial charge in [0.1, 0.15) is 6.17 Å². The van der Waals surface area contributed by atoms with Gasteiger partial charge in [-0.2, -0.15) is 0 Å². The number of rotatable bonds is 7. The van der Waals surface area contributed by atoms with E-state index in [4.69, 9.17) is 4.65 Å². The molecule has 1 heterocycles. The predicted octanol–water partition coefficient (Wildman–Crippen LogP) is 2.77. The molecule has 0 radical (unpaired) electrons. The van der Waals surface area contributed by atoms with E-state index in [2.05, 4.69) is 29.2 Å². The first kappa shape index (κ1) is 20.4. The van der Waals surface area contributed by atoms with Gasteiger partial charge in [0.2, 0.25) is 0 Å². The van der Waals surface area contributed by atoms with E-state index in [1.807, 2.05) is 13.8 Å². The fourth-order valence-electron chi connectivity index (χ4n) is 3.13. The number of alkyl halides is 1. The van der Waals surface area contributed by atoms with Crippen LogP contribution < -0.4 is 5.46 Å². The third kappa shape index (κ3) is 5.80. The Morgan fingerprint density at radius 2 is 1.76 bits per heavy atom. The van der Waals surface area contributed by atoms with Gasteiger partial charge < -0.3 is 14.7 Å². The number of aliphatic hydroxyl groups is 1. The molecule has 1 aliphatic rings. The van der Waals surface area contributed by atoms with E-state index in [0.29, 0.717) is 19.9 Å². The van der Waals surface area contributed by atoms with Gasteiger partial charge in [-0.05, 0) is 72.0 Å². The molecule has 0 saturated carbocycles. The molecule has 0 aliphatic carbocycles. The Bertz CT molecular complexity index is 532. The van der Waals surface area contributed by atoms with Crippen molar-refractivity contribution in [1.82, 2.24) is 4.90 Å². The minimum atomic E-state index is -0.891. The summed E-state index contributed by atoms with van der Waals surface area (Å²) in [5.74, 6) is 0.564. The summed E-state index contributed by atoms with van der Waals surface area (Å²) in [6, 6.07) is 8.61. The maximum absolute atomic E-state index is 13.1. The molecular weight excluding hydrogens is 316 g/mol. The molecule has 0 amide bonds. The topological polar surface area (TPSA) is 32.7 Å². The lowest BCUT2D eigenvalue weighted by Gasteiger charge is -2.37. The summed E-state index contributed by atoms with van der Waals surface area (Å²) in [6.07, 6.45) is 1.44. The van der Waals surface area contributed by atoms with Gasteiger partial charge in [0, 0.05) is 6.54 Å². The molecule has 140 valence electrons. The first-order valence-corrected chi connectivity index (χ1v) is 9.40. The second-order valence-corrected chi connectivity index (χ2v) is 8.46. The summed E-state index contributed by atoms with van der Waals surface area (Å²) in [4.78, 5) is 2.22. The van der Waals surface area contributed by atoms with E-state index < -0.39 is 17.4 Å². The quantitative estimate of drug-likeness (QED) is 0.769. The largest absolute Gasteiger partial charge is 0.427 e. The van der Waals surface area contributed by atoms with E-state index >= 15 is 0 Å². The normalized spacial score (nSPS) is 19.0. The fourth-order valence-corrected chi connectivity index (χ4v) is 3.13. The Balaban J connectivity index is 1.86. The van der Waals surface area contributed by atoms with Crippen LogP contribution in [0.25, 0.3) is 0 Å². The van der Waals surface area contributed by atoms with Gasteiger partial charge in [0.05, 0.1) is 11.2 Å². The van der Waals surface area contributed by atoms with Crippen molar-refractivity contribution in [2.75, 3.05) is 19.6 Å². The van der Waals surface area contributed by atoms with Crippen LogP contribution in [0.1, 0.15) is 58.9 Å². The van der Waals surface area contributed by atoms with Crippen LogP contribution in [0.5, 0.6) is 0 Å². The first-order chi connectivity index (χ1) is 11.6. The molecule has 0 bridgehead atoms. The van der Waals surface area contributed by atoms with Crippen LogP contribution in [0.15, 0.2) is 24.3 Å².